The van der Waals surface area contributed by atoms with E-state index in [0.29, 0.717) is 136 Å². The third-order valence-corrected chi connectivity index (χ3v) is 23.7. The lowest BCUT2D eigenvalue weighted by Crippen LogP contribution is -2.25. The van der Waals surface area contributed by atoms with Crippen molar-refractivity contribution in [3.63, 3.8) is 0 Å². The predicted octanol–water partition coefficient (Wildman–Crippen LogP) is 25.5. The molecule has 0 aliphatic carbocycles. The van der Waals surface area contributed by atoms with Crippen LogP contribution >= 0.6 is 0 Å². The minimum absolute atomic E-state index is 0. The SMILES string of the molecule is C.C.C.C#Cc1ccc(CN(Cc2ccc(F)cc2F)Cc2nncn2Cc2ccc(C#N)cc2)cc1.N#Cc1ccc(Cn2cnnc2CN(Cc2ccc(F)cc2F)c2ccc(Cc3ccccc3)cc2)cc1.N#Cc1ccc(Cn2cnnc2CN(c2ccc(C(=O)c3ccccc3)cc2)c2ccc(F)cc2F)cc1.N#Cc1ccc(Cn2cnnc2CN(c2ccc(Oc3ccccc3)cc2)c2ccc(F)cc2F)cc1. The fourth-order valence-electron chi connectivity index (χ4n) is 16.0. The van der Waals surface area contributed by atoms with E-state index in [-0.39, 0.29) is 65.6 Å². The number of para-hydroxylation sites is 1. The first-order chi connectivity index (χ1) is 71.7. The van der Waals surface area contributed by atoms with Gasteiger partial charge in [-0.2, -0.15) is 21.0 Å². The van der Waals surface area contributed by atoms with Gasteiger partial charge in [0.15, 0.2) is 23.3 Å². The van der Waals surface area contributed by atoms with Gasteiger partial charge in [0.2, 0.25) is 0 Å². The highest BCUT2D eigenvalue weighted by Crippen LogP contribution is 2.36. The van der Waals surface area contributed by atoms with Gasteiger partial charge in [-0.15, -0.1) is 47.2 Å². The summed E-state index contributed by atoms with van der Waals surface area (Å²) in [5, 5.41) is 69.5. The summed E-state index contributed by atoms with van der Waals surface area (Å²) in [6.45, 7) is 4.03. The summed E-state index contributed by atoms with van der Waals surface area (Å²) in [7, 11) is 0. The van der Waals surface area contributed by atoms with Crippen LogP contribution in [0.4, 0.5) is 63.6 Å². The molecular weight excluding hydrogens is 1910 g/mol. The lowest BCUT2D eigenvalue weighted by molar-refractivity contribution is 0.103. The topological polar surface area (TPSA) is 257 Å². The maximum absolute atomic E-state index is 15.0. The fraction of sp³-hybridized carbons (Fsp3) is 0.125. The summed E-state index contributed by atoms with van der Waals surface area (Å²) < 4.78 is 127. The third-order valence-electron chi connectivity index (χ3n) is 23.7. The van der Waals surface area contributed by atoms with Gasteiger partial charge >= 0.3 is 0 Å². The number of anilines is 5. The summed E-state index contributed by atoms with van der Waals surface area (Å²) in [6, 6.07) is 110. The number of carbonyl (C=O) groups excluding carboxylic acids is 1. The standard InChI is InChI=1S/C31H25F2N5.C30H21F2N5O.C29H21F2N5O.C27H21F2N5.3CH4/c32-28-13-12-27(30(33)17-28)20-37(29-14-10-24(11-15-29)16-23-4-2-1-3-5-23)21-31-36-35-22-38(31)19-26-8-6-25(18-34)7-9-26;31-25-12-15-28(27(32)16-25)37(26-13-10-24(11-14-26)30(38)23-4-2-1-3-5-23)19-29-35-34-20-36(29)18-22-8-6-21(17-33)7-9-22;30-23-10-15-28(27(31)16-23)36(24-11-13-26(14-12-24)37-25-4-2-1-3-5-25)19-29-34-33-20-35(29)18-22-8-6-21(17-32)7-9-22;1-2-20-3-7-22(8-4-20)15-33(17-24-11-12-25(28)13-26(24)29)18-27-32-31-19-34(27)16-23-9-5-21(14-30)6-10-23;;;/h1-15,17,22H,16,19-21H2;1-16,20H,18-19H2;1-16,20H,18-19H2;1,3-13,19H,15-18H2;3*1H4. The molecule has 0 spiro atoms. The molecule has 748 valence electrons. The van der Waals surface area contributed by atoms with Crippen LogP contribution in [0.25, 0.3) is 0 Å². The molecule has 4 heterocycles. The third kappa shape index (κ3) is 29.5. The molecule has 15 aromatic carbocycles. The largest absolute Gasteiger partial charge is 0.457 e. The summed E-state index contributed by atoms with van der Waals surface area (Å²) in [4.78, 5) is 20.2. The molecule has 0 unspecified atom stereocenters. The molecule has 0 aliphatic heterocycles. The number of ketones is 1. The number of halogens is 8. The average molecular weight is 2010 g/mol. The number of aromatic nitrogens is 12. The zero-order valence-corrected chi connectivity index (χ0v) is 78.7. The fourth-order valence-corrected chi connectivity index (χ4v) is 16.0. The molecule has 19 rings (SSSR count). The van der Waals surface area contributed by atoms with Crippen LogP contribution in [-0.2, 0) is 78.4 Å². The molecule has 0 fully saturated rings. The Hall–Kier alpha value is -19.4. The van der Waals surface area contributed by atoms with Crippen molar-refractivity contribution >= 4 is 34.2 Å². The highest BCUT2D eigenvalue weighted by atomic mass is 19.2. The van der Waals surface area contributed by atoms with Crippen LogP contribution < -0.4 is 19.4 Å². The number of carbonyl (C=O) groups is 1. The van der Waals surface area contributed by atoms with E-state index in [0.717, 1.165) is 75.3 Å². The summed E-state index contributed by atoms with van der Waals surface area (Å²) in [5.74, 6) is 1.17. The van der Waals surface area contributed by atoms with Gasteiger partial charge in [0.1, 0.15) is 89.2 Å². The van der Waals surface area contributed by atoms with Gasteiger partial charge in [-0.25, -0.2) is 35.1 Å². The van der Waals surface area contributed by atoms with E-state index in [1.54, 1.807) is 144 Å². The van der Waals surface area contributed by atoms with Gasteiger partial charge in [0, 0.05) is 88.8 Å². The molecule has 0 bridgehead atoms. The van der Waals surface area contributed by atoms with Gasteiger partial charge in [0.05, 0.1) is 110 Å². The number of rotatable bonds is 33. The van der Waals surface area contributed by atoms with Gasteiger partial charge < -0.3 is 37.7 Å². The zero-order valence-electron chi connectivity index (χ0n) is 78.7. The van der Waals surface area contributed by atoms with E-state index in [4.69, 9.17) is 32.2 Å². The lowest BCUT2D eigenvalue weighted by Gasteiger charge is -2.25. The number of ether oxygens (including phenoxy) is 1. The van der Waals surface area contributed by atoms with Gasteiger partial charge in [0.25, 0.3) is 0 Å². The first-order valence-electron chi connectivity index (χ1n) is 46.2. The second-order valence-corrected chi connectivity index (χ2v) is 33.9. The first-order valence-corrected chi connectivity index (χ1v) is 46.2. The monoisotopic (exact) mass is 2000 g/mol. The molecule has 0 radical (unpaired) electrons. The van der Waals surface area contributed by atoms with Crippen LogP contribution in [0.3, 0.4) is 0 Å². The van der Waals surface area contributed by atoms with Crippen molar-refractivity contribution < 1.29 is 44.7 Å². The van der Waals surface area contributed by atoms with Crippen LogP contribution in [0.2, 0.25) is 0 Å². The highest BCUT2D eigenvalue weighted by molar-refractivity contribution is 6.09. The van der Waals surface area contributed by atoms with E-state index in [9.17, 15) is 39.9 Å². The zero-order chi connectivity index (χ0) is 102. The predicted molar refractivity (Wildman–Crippen MR) is 561 cm³/mol. The molecule has 0 saturated carbocycles. The quantitative estimate of drug-likeness (QED) is 0.0210. The van der Waals surface area contributed by atoms with E-state index >= 15 is 0 Å². The number of hydrogen-bond donors (Lipinski definition) is 0. The Kier molecular flexibility index (Phi) is 38.0. The number of nitriles is 4. The van der Waals surface area contributed by atoms with E-state index in [1.807, 2.05) is 180 Å². The van der Waals surface area contributed by atoms with Crippen molar-refractivity contribution in [2.45, 2.75) is 101 Å². The summed E-state index contributed by atoms with van der Waals surface area (Å²) >= 11 is 0. The number of nitrogens with zero attached hydrogens (tertiary/aromatic N) is 20. The second kappa shape index (κ2) is 52.8. The summed E-state index contributed by atoms with van der Waals surface area (Å²) in [6.07, 6.45) is 12.7. The molecule has 4 aromatic heterocycles. The van der Waals surface area contributed by atoms with Crippen molar-refractivity contribution in [2.75, 3.05) is 14.7 Å². The van der Waals surface area contributed by atoms with Crippen LogP contribution in [-0.4, -0.2) is 69.7 Å². The smallest absolute Gasteiger partial charge is 0.193 e. The number of benzene rings is 15. The Bertz CT molecular complexity index is 7890. The van der Waals surface area contributed by atoms with Crippen molar-refractivity contribution in [3.8, 4) is 48.1 Å². The van der Waals surface area contributed by atoms with Crippen LogP contribution in [0.1, 0.15) is 139 Å². The van der Waals surface area contributed by atoms with Gasteiger partial charge in [-0.1, -0.05) is 192 Å². The molecule has 0 atom stereocenters. The summed E-state index contributed by atoms with van der Waals surface area (Å²) in [5.41, 5.74) is 14.7. The van der Waals surface area contributed by atoms with Crippen molar-refractivity contribution in [2.24, 2.45) is 0 Å². The molecular formula is C120H100F8N20O2. The van der Waals surface area contributed by atoms with Crippen molar-refractivity contribution in [1.29, 1.82) is 21.0 Å². The van der Waals surface area contributed by atoms with Crippen molar-refractivity contribution in [3.05, 3.63) is 542 Å². The van der Waals surface area contributed by atoms with E-state index in [2.05, 4.69) is 95.3 Å². The Morgan fingerprint density at radius 3 is 1.01 bits per heavy atom. The Labute approximate surface area is 864 Å². The molecule has 30 heteroatoms. The van der Waals surface area contributed by atoms with Crippen molar-refractivity contribution in [1.82, 2.24) is 64.0 Å². The second-order valence-electron chi connectivity index (χ2n) is 33.9. The normalized spacial score (nSPS) is 10.5. The van der Waals surface area contributed by atoms with Crippen LogP contribution in [0.5, 0.6) is 11.5 Å². The minimum atomic E-state index is -0.729. The molecule has 0 N–H and O–H groups in total. The Morgan fingerprint density at radius 1 is 0.300 bits per heavy atom. The number of terminal acetylenes is 1. The molecule has 150 heavy (non-hydrogen) atoms. The Balaban J connectivity index is 0.000000166. The maximum atomic E-state index is 15.0. The average Bonchev–Trinajstić information content (AvgIpc) is 1.39. The van der Waals surface area contributed by atoms with E-state index in [1.165, 1.54) is 54.1 Å². The molecule has 19 aromatic rings. The van der Waals surface area contributed by atoms with Crippen LogP contribution in [0, 0.1) is 104 Å². The number of hydrogen-bond acceptors (Lipinski definition) is 18. The van der Waals surface area contributed by atoms with Gasteiger partial charge in [-0.3, -0.25) is 9.69 Å². The minimum Gasteiger partial charge on any atom is -0.457 e. The maximum Gasteiger partial charge on any atom is 0.193 e. The molecule has 22 nitrogen and oxygen atoms in total. The van der Waals surface area contributed by atoms with Crippen LogP contribution in [0.15, 0.2) is 383 Å². The highest BCUT2D eigenvalue weighted by Gasteiger charge is 2.25. The molecule has 0 aliphatic rings. The first kappa shape index (κ1) is 108. The Morgan fingerprint density at radius 2 is 0.620 bits per heavy atom. The van der Waals surface area contributed by atoms with E-state index < -0.39 is 46.5 Å². The molecule has 0 saturated heterocycles. The van der Waals surface area contributed by atoms with Gasteiger partial charge in [-0.05, 0) is 215 Å². The molecule has 0 amide bonds. The lowest BCUT2D eigenvalue weighted by atomic mass is 10.0.